The van der Waals surface area contributed by atoms with E-state index < -0.39 is 27.9 Å². The second kappa shape index (κ2) is 6.51. The molecule has 114 valence electrons. The molecule has 0 fully saturated rings. The summed E-state index contributed by atoms with van der Waals surface area (Å²) < 4.78 is 67.9. The molecule has 1 heterocycles. The number of ether oxygens (including phenoxy) is 1. The first-order valence-electron chi connectivity index (χ1n) is 5.71. The van der Waals surface area contributed by atoms with Gasteiger partial charge in [-0.3, -0.25) is 4.98 Å². The van der Waals surface area contributed by atoms with Crippen LogP contribution in [0, 0.1) is 0 Å². The van der Waals surface area contributed by atoms with Gasteiger partial charge in [0.1, 0.15) is 10.6 Å². The van der Waals surface area contributed by atoms with Crippen LogP contribution < -0.4 is 4.72 Å². The average molecular weight is 312 g/mol. The Morgan fingerprint density at radius 3 is 2.50 bits per heavy atom. The highest BCUT2D eigenvalue weighted by Gasteiger charge is 2.32. The summed E-state index contributed by atoms with van der Waals surface area (Å²) in [6.07, 6.45) is -3.46. The van der Waals surface area contributed by atoms with Crippen molar-refractivity contribution in [2.45, 2.75) is 30.5 Å². The largest absolute Gasteiger partial charge is 0.433 e. The maximum absolute atomic E-state index is 12.3. The molecule has 20 heavy (non-hydrogen) atoms. The number of pyridine rings is 1. The summed E-state index contributed by atoms with van der Waals surface area (Å²) in [6, 6.07) is 1.11. The second-order valence-electron chi connectivity index (χ2n) is 4.18. The quantitative estimate of drug-likeness (QED) is 0.870. The fourth-order valence-electron chi connectivity index (χ4n) is 1.39. The molecule has 0 spiro atoms. The van der Waals surface area contributed by atoms with E-state index in [0.29, 0.717) is 25.3 Å². The van der Waals surface area contributed by atoms with Crippen molar-refractivity contribution in [1.82, 2.24) is 9.71 Å². The Kier molecular flexibility index (Phi) is 5.49. The Labute approximate surface area is 115 Å². The third kappa shape index (κ3) is 4.73. The van der Waals surface area contributed by atoms with Crippen molar-refractivity contribution < 1.29 is 26.3 Å². The third-order valence-electron chi connectivity index (χ3n) is 2.45. The van der Waals surface area contributed by atoms with Gasteiger partial charge in [0, 0.05) is 26.0 Å². The second-order valence-corrected chi connectivity index (χ2v) is 5.89. The van der Waals surface area contributed by atoms with Gasteiger partial charge in [-0.15, -0.1) is 0 Å². The van der Waals surface area contributed by atoms with Crippen LogP contribution in [0.4, 0.5) is 13.2 Å². The van der Waals surface area contributed by atoms with Gasteiger partial charge in [0.2, 0.25) is 10.0 Å². The van der Waals surface area contributed by atoms with E-state index in [-0.39, 0.29) is 4.90 Å². The number of hydrogen-bond acceptors (Lipinski definition) is 4. The predicted molar refractivity (Wildman–Crippen MR) is 65.5 cm³/mol. The zero-order chi connectivity index (χ0) is 15.4. The molecule has 1 aromatic heterocycles. The number of nitrogens with zero attached hydrogens (tertiary/aromatic N) is 1. The van der Waals surface area contributed by atoms with Gasteiger partial charge in [-0.25, -0.2) is 13.1 Å². The van der Waals surface area contributed by atoms with Crippen molar-refractivity contribution in [3.8, 4) is 0 Å². The number of nitrogens with one attached hydrogen (secondary N) is 1. The average Bonchev–Trinajstić information content (AvgIpc) is 2.35. The summed E-state index contributed by atoms with van der Waals surface area (Å²) in [5.41, 5.74) is -1.14. The normalized spacial score (nSPS) is 14.2. The summed E-state index contributed by atoms with van der Waals surface area (Å²) in [4.78, 5) is 2.81. The lowest BCUT2D eigenvalue weighted by atomic mass is 10.3. The zero-order valence-electron chi connectivity index (χ0n) is 10.9. The SMILES string of the molecule is COCC[C@@H](C)NS(=O)(=O)c1ccc(C(F)(F)F)nc1. The standard InChI is InChI=1S/C11H15F3N2O3S/c1-8(5-6-19-2)16-20(17,18)9-3-4-10(15-7-9)11(12,13)14/h3-4,7-8,16H,5-6H2,1-2H3/t8-/m1/s1. The lowest BCUT2D eigenvalue weighted by Gasteiger charge is -2.14. The first-order chi connectivity index (χ1) is 9.16. The minimum Gasteiger partial charge on any atom is -0.385 e. The fourth-order valence-corrected chi connectivity index (χ4v) is 2.62. The first-order valence-corrected chi connectivity index (χ1v) is 7.19. The monoisotopic (exact) mass is 312 g/mol. The molecule has 0 aromatic carbocycles. The molecule has 0 amide bonds. The molecule has 0 bridgehead atoms. The minimum atomic E-state index is -4.60. The van der Waals surface area contributed by atoms with Crippen LogP contribution in [-0.2, 0) is 20.9 Å². The van der Waals surface area contributed by atoms with Crippen molar-refractivity contribution in [3.05, 3.63) is 24.0 Å². The maximum Gasteiger partial charge on any atom is 0.433 e. The molecule has 1 rings (SSSR count). The molecule has 0 aliphatic heterocycles. The van der Waals surface area contributed by atoms with Gasteiger partial charge in [0.25, 0.3) is 0 Å². The van der Waals surface area contributed by atoms with Crippen molar-refractivity contribution in [2.24, 2.45) is 0 Å². The van der Waals surface area contributed by atoms with Gasteiger partial charge in [0.15, 0.2) is 0 Å². The number of halogens is 3. The van der Waals surface area contributed by atoms with Crippen molar-refractivity contribution in [3.63, 3.8) is 0 Å². The fraction of sp³-hybridized carbons (Fsp3) is 0.545. The van der Waals surface area contributed by atoms with Gasteiger partial charge in [-0.05, 0) is 25.5 Å². The van der Waals surface area contributed by atoms with Gasteiger partial charge in [-0.1, -0.05) is 0 Å². The van der Waals surface area contributed by atoms with E-state index in [4.69, 9.17) is 4.74 Å². The van der Waals surface area contributed by atoms with E-state index in [1.54, 1.807) is 6.92 Å². The van der Waals surface area contributed by atoms with Crippen LogP contribution in [0.25, 0.3) is 0 Å². The highest BCUT2D eigenvalue weighted by Crippen LogP contribution is 2.27. The van der Waals surface area contributed by atoms with E-state index in [9.17, 15) is 21.6 Å². The molecule has 0 aliphatic rings. The number of hydrogen-bond donors (Lipinski definition) is 1. The van der Waals surface area contributed by atoms with Crippen LogP contribution in [0.5, 0.6) is 0 Å². The smallest absolute Gasteiger partial charge is 0.385 e. The molecule has 1 atom stereocenters. The minimum absolute atomic E-state index is 0.310. The van der Waals surface area contributed by atoms with Crippen LogP contribution in [0.15, 0.2) is 23.2 Å². The summed E-state index contributed by atoms with van der Waals surface area (Å²) in [5.74, 6) is 0. The van der Waals surface area contributed by atoms with Crippen molar-refractivity contribution in [1.29, 1.82) is 0 Å². The Balaban J connectivity index is 2.83. The third-order valence-corrected chi connectivity index (χ3v) is 4.02. The Hall–Kier alpha value is -1.19. The van der Waals surface area contributed by atoms with Gasteiger partial charge in [0.05, 0.1) is 0 Å². The van der Waals surface area contributed by atoms with Crippen LogP contribution in [0.2, 0.25) is 0 Å². The van der Waals surface area contributed by atoms with Crippen LogP contribution in [0.1, 0.15) is 19.0 Å². The number of methoxy groups -OCH3 is 1. The molecule has 1 aromatic rings. The van der Waals surface area contributed by atoms with E-state index in [2.05, 4.69) is 9.71 Å². The molecular weight excluding hydrogens is 297 g/mol. The van der Waals surface area contributed by atoms with Crippen molar-refractivity contribution >= 4 is 10.0 Å². The number of aromatic nitrogens is 1. The molecule has 0 saturated carbocycles. The molecular formula is C11H15F3N2O3S. The number of sulfonamides is 1. The first kappa shape index (κ1) is 16.9. The van der Waals surface area contributed by atoms with Crippen molar-refractivity contribution in [2.75, 3.05) is 13.7 Å². The highest BCUT2D eigenvalue weighted by molar-refractivity contribution is 7.89. The number of alkyl halides is 3. The number of rotatable bonds is 6. The van der Waals surface area contributed by atoms with Gasteiger partial charge in [-0.2, -0.15) is 13.2 Å². The molecule has 5 nitrogen and oxygen atoms in total. The zero-order valence-corrected chi connectivity index (χ0v) is 11.8. The Bertz CT molecular complexity index is 529. The summed E-state index contributed by atoms with van der Waals surface area (Å²) in [6.45, 7) is 2.00. The van der Waals surface area contributed by atoms with Crippen LogP contribution in [-0.4, -0.2) is 33.2 Å². The molecule has 0 radical (unpaired) electrons. The summed E-state index contributed by atoms with van der Waals surface area (Å²) in [5, 5.41) is 0. The lowest BCUT2D eigenvalue weighted by Crippen LogP contribution is -2.33. The summed E-state index contributed by atoms with van der Waals surface area (Å²) in [7, 11) is -2.40. The van der Waals surface area contributed by atoms with Crippen LogP contribution in [0.3, 0.4) is 0 Å². The van der Waals surface area contributed by atoms with Gasteiger partial charge >= 0.3 is 6.18 Å². The molecule has 0 unspecified atom stereocenters. The van der Waals surface area contributed by atoms with E-state index in [1.165, 1.54) is 7.11 Å². The Morgan fingerprint density at radius 2 is 2.05 bits per heavy atom. The predicted octanol–water partition coefficient (Wildman–Crippen LogP) is 1.80. The summed E-state index contributed by atoms with van der Waals surface area (Å²) >= 11 is 0. The van der Waals surface area contributed by atoms with E-state index in [0.717, 1.165) is 6.07 Å². The molecule has 0 aliphatic carbocycles. The molecule has 9 heteroatoms. The lowest BCUT2D eigenvalue weighted by molar-refractivity contribution is -0.141. The topological polar surface area (TPSA) is 68.3 Å². The van der Waals surface area contributed by atoms with Crippen LogP contribution >= 0.6 is 0 Å². The van der Waals surface area contributed by atoms with E-state index >= 15 is 0 Å². The highest BCUT2D eigenvalue weighted by atomic mass is 32.2. The molecule has 0 saturated heterocycles. The van der Waals surface area contributed by atoms with E-state index in [1.807, 2.05) is 0 Å². The van der Waals surface area contributed by atoms with Gasteiger partial charge < -0.3 is 4.74 Å². The maximum atomic E-state index is 12.3. The molecule has 1 N–H and O–H groups in total. The Morgan fingerprint density at radius 1 is 1.40 bits per heavy atom.